The molecular formula is C26H26BrFN3O6P. The third-order valence-electron chi connectivity index (χ3n) is 5.86. The Balaban J connectivity index is 1.85. The molecule has 0 radical (unpaired) electrons. The highest BCUT2D eigenvalue weighted by atomic mass is 79.9. The average Bonchev–Trinajstić information content (AvgIpc) is 2.86. The van der Waals surface area contributed by atoms with Gasteiger partial charge in [-0.25, -0.2) is 9.18 Å². The number of pyridine rings is 1. The summed E-state index contributed by atoms with van der Waals surface area (Å²) in [4.78, 5) is 32.7. The van der Waals surface area contributed by atoms with Gasteiger partial charge in [-0.15, -0.1) is 0 Å². The first-order valence-corrected chi connectivity index (χ1v) is 13.3. The lowest BCUT2D eigenvalue weighted by Crippen LogP contribution is -2.38. The number of hydrogen-bond donors (Lipinski definition) is 2. The van der Waals surface area contributed by atoms with Crippen LogP contribution in [-0.4, -0.2) is 32.9 Å². The van der Waals surface area contributed by atoms with Gasteiger partial charge in [0.15, 0.2) is 5.75 Å². The van der Waals surface area contributed by atoms with Gasteiger partial charge < -0.3 is 19.8 Å². The molecule has 2 atom stereocenters. The number of aromatic hydroxyl groups is 1. The Morgan fingerprint density at radius 1 is 1.29 bits per heavy atom. The largest absolute Gasteiger partial charge is 0.575 e. The molecule has 0 saturated heterocycles. The summed E-state index contributed by atoms with van der Waals surface area (Å²) in [7, 11) is -2.74. The molecule has 0 aliphatic carbocycles. The van der Waals surface area contributed by atoms with E-state index in [4.69, 9.17) is 9.26 Å². The van der Waals surface area contributed by atoms with Gasteiger partial charge in [0, 0.05) is 29.6 Å². The number of nitrogens with zero attached hydrogens (tertiary/aromatic N) is 3. The van der Waals surface area contributed by atoms with E-state index in [9.17, 15) is 24.3 Å². The molecule has 0 aliphatic heterocycles. The SMILES string of the molecule is Cc1ncc(COc2ccccc2O[P+]([O-])=N[C@@](C)(C(=O)O)C(C)C)c(C=Nc2ccc(Br)c(F)c2)c1O. The van der Waals surface area contributed by atoms with Gasteiger partial charge in [-0.1, -0.05) is 30.7 Å². The minimum Gasteiger partial charge on any atom is -0.575 e. The molecule has 0 saturated carbocycles. The third-order valence-corrected chi connectivity index (χ3v) is 7.43. The van der Waals surface area contributed by atoms with Crippen molar-refractivity contribution in [3.8, 4) is 17.2 Å². The summed E-state index contributed by atoms with van der Waals surface area (Å²) in [6.07, 6.45) is 2.90. The number of ether oxygens (including phenoxy) is 1. The van der Waals surface area contributed by atoms with E-state index >= 15 is 0 Å². The van der Waals surface area contributed by atoms with Gasteiger partial charge in [0.05, 0.1) is 15.9 Å². The standard InChI is InChI=1S/C26H26BrFN3O6P/c1-15(2)26(4,25(33)34)31-38(35)37-23-8-6-5-7-22(23)36-14-17-12-29-16(3)24(32)19(17)13-30-18-9-10-20(27)21(28)11-18/h5-13,15,32H,14H2,1-4H3,(H,33,34)/t26-/m1/s1. The van der Waals surface area contributed by atoms with E-state index in [-0.39, 0.29) is 23.9 Å². The molecule has 0 spiro atoms. The molecule has 1 aromatic heterocycles. The summed E-state index contributed by atoms with van der Waals surface area (Å²) in [5.74, 6) is -1.91. The van der Waals surface area contributed by atoms with Crippen LogP contribution in [-0.2, 0) is 11.4 Å². The molecule has 1 unspecified atom stereocenters. The zero-order chi connectivity index (χ0) is 28.0. The Morgan fingerprint density at radius 3 is 2.61 bits per heavy atom. The second-order valence-corrected chi connectivity index (χ2v) is 10.5. The number of aliphatic carboxylic acids is 1. The van der Waals surface area contributed by atoms with Crippen LogP contribution >= 0.6 is 24.1 Å². The Kier molecular flexibility index (Phi) is 9.54. The van der Waals surface area contributed by atoms with Crippen LogP contribution < -0.4 is 14.2 Å². The van der Waals surface area contributed by atoms with Crippen molar-refractivity contribution in [2.45, 2.75) is 39.8 Å². The number of rotatable bonds is 10. The van der Waals surface area contributed by atoms with Crippen LogP contribution in [0.1, 0.15) is 37.6 Å². The van der Waals surface area contributed by atoms with Crippen LogP contribution in [0.2, 0.25) is 0 Å². The summed E-state index contributed by atoms with van der Waals surface area (Å²) >= 11 is 3.10. The highest BCUT2D eigenvalue weighted by Gasteiger charge is 2.40. The maximum atomic E-state index is 13.9. The fourth-order valence-corrected chi connectivity index (χ4v) is 4.36. The monoisotopic (exact) mass is 605 g/mol. The van der Waals surface area contributed by atoms with Crippen molar-refractivity contribution in [3.63, 3.8) is 0 Å². The molecule has 0 aliphatic rings. The van der Waals surface area contributed by atoms with Gasteiger partial charge in [-0.3, -0.25) is 14.5 Å². The van der Waals surface area contributed by atoms with Crippen molar-refractivity contribution in [2.24, 2.45) is 15.7 Å². The zero-order valence-electron chi connectivity index (χ0n) is 21.1. The number of aliphatic imine (C=N–C) groups is 1. The van der Waals surface area contributed by atoms with Crippen molar-refractivity contribution >= 4 is 42.0 Å². The number of carboxylic acids is 1. The molecule has 2 aromatic carbocycles. The summed E-state index contributed by atoms with van der Waals surface area (Å²) in [6, 6.07) is 10.8. The van der Waals surface area contributed by atoms with Crippen molar-refractivity contribution < 1.29 is 33.6 Å². The van der Waals surface area contributed by atoms with Crippen molar-refractivity contribution in [3.05, 3.63) is 75.8 Å². The maximum Gasteiger partial charge on any atom is 0.395 e. The molecule has 1 heterocycles. The first kappa shape index (κ1) is 29.2. The fourth-order valence-electron chi connectivity index (χ4n) is 3.10. The summed E-state index contributed by atoms with van der Waals surface area (Å²) in [5, 5.41) is 20.1. The molecular weight excluding hydrogens is 580 g/mol. The number of aryl methyl sites for hydroxylation is 1. The van der Waals surface area contributed by atoms with Crippen molar-refractivity contribution in [2.75, 3.05) is 0 Å². The van der Waals surface area contributed by atoms with Gasteiger partial charge in [0.25, 0.3) is 0 Å². The van der Waals surface area contributed by atoms with E-state index in [1.807, 2.05) is 0 Å². The molecule has 38 heavy (non-hydrogen) atoms. The van der Waals surface area contributed by atoms with Crippen LogP contribution in [0.5, 0.6) is 17.2 Å². The summed E-state index contributed by atoms with van der Waals surface area (Å²) < 4.78 is 29.4. The Labute approximate surface area is 228 Å². The first-order valence-electron chi connectivity index (χ1n) is 11.4. The van der Waals surface area contributed by atoms with E-state index in [1.165, 1.54) is 37.5 Å². The lowest BCUT2D eigenvalue weighted by atomic mass is 9.90. The van der Waals surface area contributed by atoms with Gasteiger partial charge >= 0.3 is 14.1 Å². The minimum atomic E-state index is -2.74. The predicted octanol–water partition coefficient (Wildman–Crippen LogP) is 6.06. The van der Waals surface area contributed by atoms with Gasteiger partial charge in [-0.05, 0) is 60.0 Å². The second-order valence-electron chi connectivity index (χ2n) is 8.76. The second kappa shape index (κ2) is 12.4. The number of hydrogen-bond acceptors (Lipinski definition) is 8. The Morgan fingerprint density at radius 2 is 1.97 bits per heavy atom. The lowest BCUT2D eigenvalue weighted by molar-refractivity contribution is -0.170. The first-order chi connectivity index (χ1) is 17.9. The maximum absolute atomic E-state index is 13.9. The topological polar surface area (TPSA) is 137 Å². The summed E-state index contributed by atoms with van der Waals surface area (Å²) in [6.45, 7) is 6.25. The quantitative estimate of drug-likeness (QED) is 0.212. The van der Waals surface area contributed by atoms with Gasteiger partial charge in [0.2, 0.25) is 11.3 Å². The van der Waals surface area contributed by atoms with E-state index in [1.54, 1.807) is 45.0 Å². The van der Waals surface area contributed by atoms with Crippen LogP contribution in [0.4, 0.5) is 10.1 Å². The molecule has 0 amide bonds. The predicted molar refractivity (Wildman–Crippen MR) is 144 cm³/mol. The number of carboxylic acid groups (broad SMARTS) is 1. The molecule has 0 fully saturated rings. The van der Waals surface area contributed by atoms with Crippen molar-refractivity contribution in [1.29, 1.82) is 0 Å². The number of carbonyl (C=O) groups is 1. The lowest BCUT2D eigenvalue weighted by Gasteiger charge is -2.21. The van der Waals surface area contributed by atoms with E-state index in [0.29, 0.717) is 27.0 Å². The normalized spacial score (nSPS) is 13.5. The molecule has 0 bridgehead atoms. The molecule has 9 nitrogen and oxygen atoms in total. The summed E-state index contributed by atoms with van der Waals surface area (Å²) in [5.41, 5.74) is -0.0926. The molecule has 2 N–H and O–H groups in total. The smallest absolute Gasteiger partial charge is 0.395 e. The van der Waals surface area contributed by atoms with Crippen LogP contribution in [0.25, 0.3) is 0 Å². The Hall–Kier alpha value is -3.40. The highest BCUT2D eigenvalue weighted by molar-refractivity contribution is 9.10. The fraction of sp³-hybridized carbons (Fsp3) is 0.269. The Bertz CT molecular complexity index is 1400. The third kappa shape index (κ3) is 6.92. The van der Waals surface area contributed by atoms with E-state index in [0.717, 1.165) is 0 Å². The van der Waals surface area contributed by atoms with Gasteiger partial charge in [0.1, 0.15) is 18.2 Å². The van der Waals surface area contributed by atoms with E-state index < -0.39 is 31.4 Å². The number of para-hydroxylation sites is 2. The average molecular weight is 606 g/mol. The zero-order valence-corrected chi connectivity index (χ0v) is 23.5. The minimum absolute atomic E-state index is 0.0793. The molecule has 3 rings (SSSR count). The number of aromatic nitrogens is 1. The highest BCUT2D eigenvalue weighted by Crippen LogP contribution is 2.37. The van der Waals surface area contributed by atoms with Gasteiger partial charge in [-0.2, -0.15) is 0 Å². The van der Waals surface area contributed by atoms with E-state index in [2.05, 4.69) is 30.7 Å². The van der Waals surface area contributed by atoms with Crippen LogP contribution in [0.15, 0.2) is 62.9 Å². The molecule has 12 heteroatoms. The number of benzene rings is 2. The van der Waals surface area contributed by atoms with Crippen LogP contribution in [0.3, 0.4) is 0 Å². The van der Waals surface area contributed by atoms with Crippen LogP contribution in [0, 0.1) is 18.7 Å². The molecule has 200 valence electrons. The van der Waals surface area contributed by atoms with Crippen molar-refractivity contribution in [1.82, 2.24) is 4.98 Å². The number of halogens is 2. The molecule has 3 aromatic rings.